The number of hydrogen-bond donors (Lipinski definition) is 0. The number of aromatic nitrogens is 1. The summed E-state index contributed by atoms with van der Waals surface area (Å²) < 4.78 is 38.0. The van der Waals surface area contributed by atoms with Gasteiger partial charge in [-0.05, 0) is 37.4 Å². The standard InChI is InChI=1S/C22H27N5O5S/c1-24-6-12-27(13-7-24)33(29,30)18-3-5-21(23-15-18)25-8-10-26(11-9-25)22(28)17-2-4-19-20(14-17)32-16-31-19/h2-5,14-15H,6-13,16H2,1H3. The summed E-state index contributed by atoms with van der Waals surface area (Å²) in [6.45, 7) is 4.93. The zero-order chi connectivity index (χ0) is 23.0. The van der Waals surface area contributed by atoms with Crippen molar-refractivity contribution >= 4 is 21.7 Å². The highest BCUT2D eigenvalue weighted by Crippen LogP contribution is 2.33. The zero-order valence-electron chi connectivity index (χ0n) is 18.5. The fourth-order valence-electron chi connectivity index (χ4n) is 4.24. The molecular formula is C22H27N5O5S. The van der Waals surface area contributed by atoms with Crippen molar-refractivity contribution in [2.45, 2.75) is 4.90 Å². The van der Waals surface area contributed by atoms with Crippen molar-refractivity contribution in [2.75, 3.05) is 71.1 Å². The molecule has 1 aromatic carbocycles. The van der Waals surface area contributed by atoms with Crippen molar-refractivity contribution in [1.29, 1.82) is 0 Å². The Morgan fingerprint density at radius 1 is 0.909 bits per heavy atom. The first-order chi connectivity index (χ1) is 15.9. The van der Waals surface area contributed by atoms with Crippen LogP contribution in [0.3, 0.4) is 0 Å². The topological polar surface area (TPSA) is 95.5 Å². The van der Waals surface area contributed by atoms with Crippen LogP contribution >= 0.6 is 0 Å². The lowest BCUT2D eigenvalue weighted by molar-refractivity contribution is 0.0746. The third kappa shape index (κ3) is 4.35. The number of sulfonamides is 1. The predicted octanol–water partition coefficient (Wildman–Crippen LogP) is 0.709. The number of fused-ring (bicyclic) bond motifs is 1. The number of pyridine rings is 1. The molecule has 0 spiro atoms. The number of anilines is 1. The second kappa shape index (κ2) is 8.81. The van der Waals surface area contributed by atoms with Crippen molar-refractivity contribution in [3.63, 3.8) is 0 Å². The van der Waals surface area contributed by atoms with Gasteiger partial charge in [-0.15, -0.1) is 0 Å². The summed E-state index contributed by atoms with van der Waals surface area (Å²) in [5.74, 6) is 1.91. The molecule has 0 radical (unpaired) electrons. The van der Waals surface area contributed by atoms with E-state index in [4.69, 9.17) is 9.47 Å². The zero-order valence-corrected chi connectivity index (χ0v) is 19.3. The van der Waals surface area contributed by atoms with Crippen LogP contribution in [0.5, 0.6) is 11.5 Å². The van der Waals surface area contributed by atoms with Crippen molar-refractivity contribution in [3.8, 4) is 11.5 Å². The van der Waals surface area contributed by atoms with Gasteiger partial charge in [0.15, 0.2) is 11.5 Å². The second-order valence-corrected chi connectivity index (χ2v) is 10.3. The molecule has 0 saturated carbocycles. The van der Waals surface area contributed by atoms with Crippen LogP contribution in [0.15, 0.2) is 41.4 Å². The number of nitrogens with zero attached hydrogens (tertiary/aromatic N) is 5. The highest BCUT2D eigenvalue weighted by molar-refractivity contribution is 7.89. The number of hydrogen-bond acceptors (Lipinski definition) is 8. The van der Waals surface area contributed by atoms with Gasteiger partial charge in [-0.3, -0.25) is 4.79 Å². The fourth-order valence-corrected chi connectivity index (χ4v) is 5.61. The summed E-state index contributed by atoms with van der Waals surface area (Å²) in [6, 6.07) is 8.60. The number of likely N-dealkylation sites (N-methyl/N-ethyl adjacent to an activating group) is 1. The smallest absolute Gasteiger partial charge is 0.254 e. The molecule has 11 heteroatoms. The van der Waals surface area contributed by atoms with E-state index in [0.717, 1.165) is 13.1 Å². The minimum absolute atomic E-state index is 0.0467. The van der Waals surface area contributed by atoms with Crippen LogP contribution in [0, 0.1) is 0 Å². The summed E-state index contributed by atoms with van der Waals surface area (Å²) in [6.07, 6.45) is 1.44. The van der Waals surface area contributed by atoms with Crippen LogP contribution in [0.1, 0.15) is 10.4 Å². The predicted molar refractivity (Wildman–Crippen MR) is 121 cm³/mol. The Labute approximate surface area is 193 Å². The number of ether oxygens (including phenoxy) is 2. The number of piperazine rings is 2. The summed E-state index contributed by atoms with van der Waals surface area (Å²) in [5, 5.41) is 0. The van der Waals surface area contributed by atoms with E-state index in [0.29, 0.717) is 62.1 Å². The number of rotatable bonds is 4. The molecule has 3 aliphatic heterocycles. The quantitative estimate of drug-likeness (QED) is 0.641. The largest absolute Gasteiger partial charge is 0.454 e. The van der Waals surface area contributed by atoms with E-state index >= 15 is 0 Å². The van der Waals surface area contributed by atoms with E-state index in [1.807, 2.05) is 7.05 Å². The molecule has 3 aliphatic rings. The normalized spacial score (nSPS) is 19.7. The summed E-state index contributed by atoms with van der Waals surface area (Å²) in [5.41, 5.74) is 0.573. The lowest BCUT2D eigenvalue weighted by atomic mass is 10.1. The average Bonchev–Trinajstić information content (AvgIpc) is 3.32. The number of carbonyl (C=O) groups excluding carboxylic acids is 1. The van der Waals surface area contributed by atoms with Gasteiger partial charge < -0.3 is 24.2 Å². The Morgan fingerprint density at radius 3 is 2.33 bits per heavy atom. The molecule has 2 aromatic rings. The first-order valence-corrected chi connectivity index (χ1v) is 12.4. The van der Waals surface area contributed by atoms with Gasteiger partial charge in [-0.2, -0.15) is 4.31 Å². The molecule has 0 bridgehead atoms. The van der Waals surface area contributed by atoms with E-state index in [-0.39, 0.29) is 17.6 Å². The Hall–Kier alpha value is -2.89. The van der Waals surface area contributed by atoms with Crippen molar-refractivity contribution in [2.24, 2.45) is 0 Å². The van der Waals surface area contributed by atoms with Crippen LogP contribution in [0.2, 0.25) is 0 Å². The molecule has 33 heavy (non-hydrogen) atoms. The van der Waals surface area contributed by atoms with Gasteiger partial charge in [0.2, 0.25) is 16.8 Å². The number of carbonyl (C=O) groups is 1. The van der Waals surface area contributed by atoms with E-state index in [1.165, 1.54) is 10.5 Å². The third-order valence-corrected chi connectivity index (χ3v) is 8.21. The molecule has 5 rings (SSSR count). The Morgan fingerprint density at radius 2 is 1.64 bits per heavy atom. The molecule has 1 amide bonds. The summed E-state index contributed by atoms with van der Waals surface area (Å²) in [7, 11) is -1.55. The first-order valence-electron chi connectivity index (χ1n) is 11.0. The van der Waals surface area contributed by atoms with Gasteiger partial charge in [0.05, 0.1) is 0 Å². The Balaban J connectivity index is 1.20. The van der Waals surface area contributed by atoms with Gasteiger partial charge in [0, 0.05) is 64.1 Å². The Bertz CT molecular complexity index is 1120. The van der Waals surface area contributed by atoms with Crippen LogP contribution in [0.25, 0.3) is 0 Å². The first kappa shape index (κ1) is 21.9. The molecule has 2 fully saturated rings. The third-order valence-electron chi connectivity index (χ3n) is 6.33. The van der Waals surface area contributed by atoms with Crippen molar-refractivity contribution in [3.05, 3.63) is 42.1 Å². The molecule has 0 aliphatic carbocycles. The molecule has 0 atom stereocenters. The molecule has 0 N–H and O–H groups in total. The molecule has 176 valence electrons. The fraction of sp³-hybridized carbons (Fsp3) is 0.455. The molecule has 10 nitrogen and oxygen atoms in total. The van der Waals surface area contributed by atoms with E-state index in [2.05, 4.69) is 14.8 Å². The molecule has 1 aromatic heterocycles. The van der Waals surface area contributed by atoms with Gasteiger partial charge in [-0.25, -0.2) is 13.4 Å². The van der Waals surface area contributed by atoms with Crippen LogP contribution < -0.4 is 14.4 Å². The maximum atomic E-state index is 12.9. The number of benzene rings is 1. The van der Waals surface area contributed by atoms with Crippen LogP contribution in [0.4, 0.5) is 5.82 Å². The van der Waals surface area contributed by atoms with E-state index < -0.39 is 10.0 Å². The second-order valence-electron chi connectivity index (χ2n) is 8.41. The van der Waals surface area contributed by atoms with Crippen LogP contribution in [-0.2, 0) is 10.0 Å². The average molecular weight is 474 g/mol. The lowest BCUT2D eigenvalue weighted by Crippen LogP contribution is -2.49. The van der Waals surface area contributed by atoms with Crippen molar-refractivity contribution < 1.29 is 22.7 Å². The number of amides is 1. The van der Waals surface area contributed by atoms with Crippen LogP contribution in [-0.4, -0.2) is 99.6 Å². The van der Waals surface area contributed by atoms with E-state index in [1.54, 1.807) is 35.2 Å². The van der Waals surface area contributed by atoms with Gasteiger partial charge >= 0.3 is 0 Å². The maximum Gasteiger partial charge on any atom is 0.254 e. The summed E-state index contributed by atoms with van der Waals surface area (Å²) >= 11 is 0. The highest BCUT2D eigenvalue weighted by atomic mass is 32.2. The maximum absolute atomic E-state index is 12.9. The van der Waals surface area contributed by atoms with Gasteiger partial charge in [0.25, 0.3) is 5.91 Å². The highest BCUT2D eigenvalue weighted by Gasteiger charge is 2.29. The monoisotopic (exact) mass is 473 g/mol. The Kier molecular flexibility index (Phi) is 5.85. The van der Waals surface area contributed by atoms with E-state index in [9.17, 15) is 13.2 Å². The lowest BCUT2D eigenvalue weighted by Gasteiger charge is -2.35. The minimum atomic E-state index is -3.53. The summed E-state index contributed by atoms with van der Waals surface area (Å²) in [4.78, 5) is 23.5. The van der Waals surface area contributed by atoms with Gasteiger partial charge in [0.1, 0.15) is 10.7 Å². The molecule has 0 unspecified atom stereocenters. The minimum Gasteiger partial charge on any atom is -0.454 e. The SMILES string of the molecule is CN1CCN(S(=O)(=O)c2ccc(N3CCN(C(=O)c4ccc5c(c4)OCO5)CC3)nc2)CC1. The van der Waals surface area contributed by atoms with Crippen molar-refractivity contribution in [1.82, 2.24) is 19.1 Å². The molecular weight excluding hydrogens is 446 g/mol. The molecule has 2 saturated heterocycles. The van der Waals surface area contributed by atoms with Gasteiger partial charge in [-0.1, -0.05) is 0 Å². The molecule has 4 heterocycles.